The smallest absolute Gasteiger partial charge is 0.254 e. The Labute approximate surface area is 201 Å². The highest BCUT2D eigenvalue weighted by molar-refractivity contribution is 5.98. The number of likely N-dealkylation sites (tertiary alicyclic amines) is 1. The molecule has 3 rings (SSSR count). The molecule has 2 aromatic carbocycles. The van der Waals surface area contributed by atoms with Gasteiger partial charge in [0.2, 0.25) is 5.91 Å². The number of carbonyl (C=O) groups excluding carboxylic acids is 3. The van der Waals surface area contributed by atoms with E-state index in [0.29, 0.717) is 42.8 Å². The highest BCUT2D eigenvalue weighted by atomic mass is 16.5. The average Bonchev–Trinajstić information content (AvgIpc) is 2.87. The van der Waals surface area contributed by atoms with Crippen LogP contribution < -0.4 is 15.4 Å². The molecule has 0 bridgehead atoms. The van der Waals surface area contributed by atoms with Crippen molar-refractivity contribution in [1.82, 2.24) is 15.5 Å². The Balaban J connectivity index is 1.71. The summed E-state index contributed by atoms with van der Waals surface area (Å²) in [5, 5.41) is 5.97. The minimum Gasteiger partial charge on any atom is -0.497 e. The average molecular weight is 466 g/mol. The lowest BCUT2D eigenvalue weighted by molar-refractivity contribution is -0.125. The molecule has 1 aliphatic rings. The number of hydrogen-bond acceptors (Lipinski definition) is 4. The monoisotopic (exact) mass is 465 g/mol. The fraction of sp³-hybridized carbons (Fsp3) is 0.444. The summed E-state index contributed by atoms with van der Waals surface area (Å²) < 4.78 is 5.16. The minimum atomic E-state index is -0.667. The Morgan fingerprint density at radius 1 is 1.03 bits per heavy atom. The van der Waals surface area contributed by atoms with Crippen molar-refractivity contribution in [3.63, 3.8) is 0 Å². The van der Waals surface area contributed by atoms with E-state index in [1.165, 1.54) is 0 Å². The van der Waals surface area contributed by atoms with E-state index in [9.17, 15) is 14.4 Å². The Morgan fingerprint density at radius 3 is 2.26 bits per heavy atom. The Bertz CT molecular complexity index is 997. The fourth-order valence-corrected chi connectivity index (χ4v) is 4.22. The SMILES string of the molecule is CC[C@@H](C)NC(=O)[C@H](NC(=O)c1ccc(OC)cc1)C1CCN(C(=O)c2ccccc2C)CC1. The van der Waals surface area contributed by atoms with E-state index in [0.717, 1.165) is 12.0 Å². The number of piperidine rings is 1. The number of nitrogens with one attached hydrogen (secondary N) is 2. The second-order valence-corrected chi connectivity index (χ2v) is 8.94. The second-order valence-electron chi connectivity index (χ2n) is 8.94. The number of aryl methyl sites for hydroxylation is 1. The third kappa shape index (κ3) is 6.16. The molecule has 0 unspecified atom stereocenters. The number of benzene rings is 2. The maximum absolute atomic E-state index is 13.1. The van der Waals surface area contributed by atoms with Crippen LogP contribution in [0.1, 0.15) is 59.4 Å². The highest BCUT2D eigenvalue weighted by Crippen LogP contribution is 2.24. The van der Waals surface area contributed by atoms with Crippen molar-refractivity contribution in [2.45, 2.75) is 52.1 Å². The van der Waals surface area contributed by atoms with Gasteiger partial charge < -0.3 is 20.3 Å². The predicted octanol–water partition coefficient (Wildman–Crippen LogP) is 3.57. The number of ether oxygens (including phenoxy) is 1. The van der Waals surface area contributed by atoms with Crippen LogP contribution >= 0.6 is 0 Å². The van der Waals surface area contributed by atoms with Gasteiger partial charge in [-0.05, 0) is 74.9 Å². The van der Waals surface area contributed by atoms with Crippen molar-refractivity contribution in [2.24, 2.45) is 5.92 Å². The maximum Gasteiger partial charge on any atom is 0.254 e. The van der Waals surface area contributed by atoms with Crippen LogP contribution in [0, 0.1) is 12.8 Å². The molecule has 0 saturated carbocycles. The van der Waals surface area contributed by atoms with Crippen LogP contribution in [-0.2, 0) is 4.79 Å². The summed E-state index contributed by atoms with van der Waals surface area (Å²) in [4.78, 5) is 40.9. The van der Waals surface area contributed by atoms with E-state index >= 15 is 0 Å². The van der Waals surface area contributed by atoms with Crippen molar-refractivity contribution >= 4 is 17.7 Å². The molecular formula is C27H35N3O4. The van der Waals surface area contributed by atoms with E-state index in [1.807, 2.05) is 49.9 Å². The van der Waals surface area contributed by atoms with Crippen LogP contribution in [0.5, 0.6) is 5.75 Å². The van der Waals surface area contributed by atoms with Gasteiger partial charge in [0.05, 0.1) is 7.11 Å². The Morgan fingerprint density at radius 2 is 1.68 bits per heavy atom. The van der Waals surface area contributed by atoms with Gasteiger partial charge in [0.15, 0.2) is 0 Å². The molecular weight excluding hydrogens is 430 g/mol. The first-order valence-electron chi connectivity index (χ1n) is 11.9. The molecule has 0 aromatic heterocycles. The van der Waals surface area contributed by atoms with Gasteiger partial charge in [-0.15, -0.1) is 0 Å². The maximum atomic E-state index is 13.1. The summed E-state index contributed by atoms with van der Waals surface area (Å²) in [5.41, 5.74) is 2.13. The van der Waals surface area contributed by atoms with Crippen molar-refractivity contribution in [3.05, 3.63) is 65.2 Å². The largest absolute Gasteiger partial charge is 0.497 e. The van der Waals surface area contributed by atoms with E-state index in [2.05, 4.69) is 10.6 Å². The van der Waals surface area contributed by atoms with Crippen LogP contribution in [0.25, 0.3) is 0 Å². The summed E-state index contributed by atoms with van der Waals surface area (Å²) >= 11 is 0. The number of hydrogen-bond donors (Lipinski definition) is 2. The zero-order chi connectivity index (χ0) is 24.7. The number of nitrogens with zero attached hydrogens (tertiary/aromatic N) is 1. The Kier molecular flexibility index (Phi) is 8.68. The molecule has 2 N–H and O–H groups in total. The highest BCUT2D eigenvalue weighted by Gasteiger charge is 2.34. The fourth-order valence-electron chi connectivity index (χ4n) is 4.22. The third-order valence-electron chi connectivity index (χ3n) is 6.60. The van der Waals surface area contributed by atoms with Crippen molar-refractivity contribution in [2.75, 3.05) is 20.2 Å². The van der Waals surface area contributed by atoms with Crippen LogP contribution in [0.4, 0.5) is 0 Å². The Hall–Kier alpha value is -3.35. The number of carbonyl (C=O) groups is 3. The van der Waals surface area contributed by atoms with Gasteiger partial charge in [-0.3, -0.25) is 14.4 Å². The lowest BCUT2D eigenvalue weighted by Gasteiger charge is -2.36. The molecule has 3 amide bonds. The minimum absolute atomic E-state index is 0.00983. The normalized spacial score (nSPS) is 15.8. The molecule has 1 aliphatic heterocycles. The van der Waals surface area contributed by atoms with Gasteiger partial charge in [-0.2, -0.15) is 0 Å². The first-order chi connectivity index (χ1) is 16.3. The summed E-state index contributed by atoms with van der Waals surface area (Å²) in [6.45, 7) is 6.98. The summed E-state index contributed by atoms with van der Waals surface area (Å²) in [7, 11) is 1.57. The molecule has 0 radical (unpaired) electrons. The van der Waals surface area contributed by atoms with Crippen molar-refractivity contribution in [3.8, 4) is 5.75 Å². The molecule has 1 fully saturated rings. The molecule has 0 aliphatic carbocycles. The summed E-state index contributed by atoms with van der Waals surface area (Å²) in [5.74, 6) is 0.130. The van der Waals surface area contributed by atoms with Crippen molar-refractivity contribution in [1.29, 1.82) is 0 Å². The van der Waals surface area contributed by atoms with Gasteiger partial charge in [0.25, 0.3) is 11.8 Å². The van der Waals surface area contributed by atoms with E-state index in [-0.39, 0.29) is 29.7 Å². The third-order valence-corrected chi connectivity index (χ3v) is 6.60. The van der Waals surface area contributed by atoms with Crippen LogP contribution in [0.15, 0.2) is 48.5 Å². The molecule has 1 heterocycles. The van der Waals surface area contributed by atoms with Gasteiger partial charge in [0.1, 0.15) is 11.8 Å². The molecule has 0 spiro atoms. The van der Waals surface area contributed by atoms with E-state index in [4.69, 9.17) is 4.74 Å². The van der Waals surface area contributed by atoms with Crippen molar-refractivity contribution < 1.29 is 19.1 Å². The quantitative estimate of drug-likeness (QED) is 0.624. The molecule has 2 atom stereocenters. The topological polar surface area (TPSA) is 87.7 Å². The molecule has 2 aromatic rings. The first-order valence-corrected chi connectivity index (χ1v) is 11.9. The van der Waals surface area contributed by atoms with Gasteiger partial charge in [-0.25, -0.2) is 0 Å². The summed E-state index contributed by atoms with van der Waals surface area (Å²) in [6, 6.07) is 13.7. The van der Waals surface area contributed by atoms with Crippen LogP contribution in [0.2, 0.25) is 0 Å². The first kappa shape index (κ1) is 25.3. The predicted molar refractivity (Wildman–Crippen MR) is 132 cm³/mol. The summed E-state index contributed by atoms with van der Waals surface area (Å²) in [6.07, 6.45) is 2.08. The molecule has 1 saturated heterocycles. The van der Waals surface area contributed by atoms with Crippen LogP contribution in [0.3, 0.4) is 0 Å². The van der Waals surface area contributed by atoms with Crippen LogP contribution in [-0.4, -0.2) is 54.9 Å². The van der Waals surface area contributed by atoms with E-state index in [1.54, 1.807) is 31.4 Å². The molecule has 182 valence electrons. The lowest BCUT2D eigenvalue weighted by atomic mass is 9.88. The lowest BCUT2D eigenvalue weighted by Crippen LogP contribution is -2.55. The zero-order valence-corrected chi connectivity index (χ0v) is 20.5. The van der Waals surface area contributed by atoms with Gasteiger partial charge in [0, 0.05) is 30.3 Å². The standard InChI is InChI=1S/C27H35N3O4/c1-5-19(3)28-26(32)24(29-25(31)21-10-12-22(34-4)13-11-21)20-14-16-30(17-15-20)27(33)23-9-7-6-8-18(23)2/h6-13,19-20,24H,5,14-17H2,1-4H3,(H,28,32)(H,29,31)/t19-,24-/m1/s1. The number of rotatable bonds is 8. The molecule has 7 nitrogen and oxygen atoms in total. The van der Waals surface area contributed by atoms with Gasteiger partial charge in [-0.1, -0.05) is 25.1 Å². The molecule has 34 heavy (non-hydrogen) atoms. The number of amides is 3. The van der Waals surface area contributed by atoms with E-state index < -0.39 is 6.04 Å². The second kappa shape index (κ2) is 11.7. The number of methoxy groups -OCH3 is 1. The molecule has 7 heteroatoms. The van der Waals surface area contributed by atoms with Gasteiger partial charge >= 0.3 is 0 Å². The zero-order valence-electron chi connectivity index (χ0n) is 20.5.